The second kappa shape index (κ2) is 4.49. The monoisotopic (exact) mass is 185 g/mol. The van der Waals surface area contributed by atoms with E-state index in [9.17, 15) is 0 Å². The van der Waals surface area contributed by atoms with Crippen LogP contribution in [0.5, 0.6) is 0 Å². The fourth-order valence-corrected chi connectivity index (χ4v) is 1.07. The van der Waals surface area contributed by atoms with Crippen molar-refractivity contribution < 1.29 is 0 Å². The molecule has 0 unspecified atom stereocenters. The Bertz CT molecular complexity index is 177. The number of guanidine groups is 1. The zero-order chi connectivity index (χ0) is 10.6. The molecule has 0 rings (SSSR count). The van der Waals surface area contributed by atoms with Crippen LogP contribution in [-0.2, 0) is 0 Å². The lowest BCUT2D eigenvalue weighted by molar-refractivity contribution is 0.413. The van der Waals surface area contributed by atoms with Crippen molar-refractivity contribution in [1.82, 2.24) is 4.90 Å². The van der Waals surface area contributed by atoms with Crippen LogP contribution in [0.4, 0.5) is 0 Å². The second-order valence-corrected chi connectivity index (χ2v) is 4.92. The zero-order valence-electron chi connectivity index (χ0n) is 9.76. The highest BCUT2D eigenvalue weighted by molar-refractivity contribution is 5.78. The van der Waals surface area contributed by atoms with Gasteiger partial charge >= 0.3 is 0 Å². The molecule has 0 aliphatic rings. The molecule has 78 valence electrons. The van der Waals surface area contributed by atoms with Gasteiger partial charge in [-0.05, 0) is 26.7 Å². The van der Waals surface area contributed by atoms with Crippen LogP contribution in [0.1, 0.15) is 34.6 Å². The number of nitrogens with two attached hydrogens (primary N) is 1. The summed E-state index contributed by atoms with van der Waals surface area (Å²) in [4.78, 5) is 6.38. The van der Waals surface area contributed by atoms with Crippen LogP contribution in [0.25, 0.3) is 0 Å². The van der Waals surface area contributed by atoms with Crippen molar-refractivity contribution in [2.75, 3.05) is 13.6 Å². The van der Waals surface area contributed by atoms with Crippen LogP contribution in [0.3, 0.4) is 0 Å². The lowest BCUT2D eigenvalue weighted by Crippen LogP contribution is -2.38. The van der Waals surface area contributed by atoms with Gasteiger partial charge in [-0.25, -0.2) is 4.99 Å². The standard InChI is InChI=1S/C10H23N3/c1-8(2)7-13(6)9(11)12-10(3,4)5/h8H,7H2,1-6H3,(H2,11,12). The van der Waals surface area contributed by atoms with Gasteiger partial charge in [-0.2, -0.15) is 0 Å². The van der Waals surface area contributed by atoms with Crippen LogP contribution >= 0.6 is 0 Å². The smallest absolute Gasteiger partial charge is 0.191 e. The van der Waals surface area contributed by atoms with Crippen LogP contribution in [0.15, 0.2) is 4.99 Å². The molecule has 0 amide bonds. The van der Waals surface area contributed by atoms with Gasteiger partial charge in [0.1, 0.15) is 0 Å². The van der Waals surface area contributed by atoms with Crippen molar-refractivity contribution >= 4 is 5.96 Å². The Morgan fingerprint density at radius 1 is 1.38 bits per heavy atom. The molecule has 0 saturated carbocycles. The molecule has 0 saturated heterocycles. The predicted molar refractivity (Wildman–Crippen MR) is 58.8 cm³/mol. The van der Waals surface area contributed by atoms with Crippen LogP contribution in [-0.4, -0.2) is 30.0 Å². The minimum atomic E-state index is -0.0880. The van der Waals surface area contributed by atoms with E-state index in [1.165, 1.54) is 0 Å². The van der Waals surface area contributed by atoms with E-state index in [2.05, 4.69) is 18.8 Å². The summed E-state index contributed by atoms with van der Waals surface area (Å²) < 4.78 is 0. The van der Waals surface area contributed by atoms with Crippen LogP contribution < -0.4 is 5.73 Å². The fraction of sp³-hybridized carbons (Fsp3) is 0.900. The summed E-state index contributed by atoms with van der Waals surface area (Å²) in [6.45, 7) is 11.4. The predicted octanol–water partition coefficient (Wildman–Crippen LogP) is 1.69. The first-order valence-electron chi connectivity index (χ1n) is 4.79. The third kappa shape index (κ3) is 6.43. The van der Waals surface area contributed by atoms with E-state index in [1.54, 1.807) is 0 Å². The van der Waals surface area contributed by atoms with E-state index >= 15 is 0 Å². The van der Waals surface area contributed by atoms with Gasteiger partial charge in [0.2, 0.25) is 0 Å². The highest BCUT2D eigenvalue weighted by atomic mass is 15.2. The maximum atomic E-state index is 5.83. The Hall–Kier alpha value is -0.730. The Kier molecular flexibility index (Phi) is 4.24. The number of hydrogen-bond acceptors (Lipinski definition) is 1. The summed E-state index contributed by atoms with van der Waals surface area (Å²) in [6.07, 6.45) is 0. The van der Waals surface area contributed by atoms with Gasteiger partial charge in [-0.1, -0.05) is 13.8 Å². The molecule has 13 heavy (non-hydrogen) atoms. The lowest BCUT2D eigenvalue weighted by atomic mass is 10.1. The summed E-state index contributed by atoms with van der Waals surface area (Å²) in [6, 6.07) is 0. The van der Waals surface area contributed by atoms with Gasteiger partial charge in [0, 0.05) is 13.6 Å². The van der Waals surface area contributed by atoms with E-state index in [-0.39, 0.29) is 5.54 Å². The third-order valence-corrected chi connectivity index (χ3v) is 1.48. The molecule has 0 aliphatic heterocycles. The van der Waals surface area contributed by atoms with Crippen molar-refractivity contribution in [1.29, 1.82) is 0 Å². The van der Waals surface area contributed by atoms with Gasteiger partial charge in [-0.3, -0.25) is 0 Å². The summed E-state index contributed by atoms with van der Waals surface area (Å²) in [5, 5.41) is 0. The first-order chi connectivity index (χ1) is 5.72. The molecule has 3 nitrogen and oxygen atoms in total. The Morgan fingerprint density at radius 3 is 2.15 bits per heavy atom. The molecule has 0 bridgehead atoms. The highest BCUT2D eigenvalue weighted by Crippen LogP contribution is 2.06. The highest BCUT2D eigenvalue weighted by Gasteiger charge is 2.11. The number of rotatable bonds is 2. The number of aliphatic imine (C=N–C) groups is 1. The summed E-state index contributed by atoms with van der Waals surface area (Å²) in [7, 11) is 1.98. The average molecular weight is 185 g/mol. The van der Waals surface area contributed by atoms with Gasteiger partial charge < -0.3 is 10.6 Å². The molecule has 0 spiro atoms. The molecule has 3 heteroatoms. The Labute approximate surface area is 82.0 Å². The third-order valence-electron chi connectivity index (χ3n) is 1.48. The molecule has 2 N–H and O–H groups in total. The summed E-state index contributed by atoms with van der Waals surface area (Å²) in [5.74, 6) is 1.24. The average Bonchev–Trinajstić information content (AvgIpc) is 1.81. The van der Waals surface area contributed by atoms with E-state index in [0.717, 1.165) is 6.54 Å². The zero-order valence-corrected chi connectivity index (χ0v) is 9.76. The molecular weight excluding hydrogens is 162 g/mol. The quantitative estimate of drug-likeness (QED) is 0.525. The van der Waals surface area contributed by atoms with Crippen molar-refractivity contribution in [2.45, 2.75) is 40.2 Å². The van der Waals surface area contributed by atoms with Crippen LogP contribution in [0, 0.1) is 5.92 Å². The summed E-state index contributed by atoms with van der Waals surface area (Å²) >= 11 is 0. The van der Waals surface area contributed by atoms with Crippen molar-refractivity contribution in [3.05, 3.63) is 0 Å². The maximum absolute atomic E-state index is 5.83. The van der Waals surface area contributed by atoms with Crippen molar-refractivity contribution in [3.8, 4) is 0 Å². The summed E-state index contributed by atoms with van der Waals surface area (Å²) in [5.41, 5.74) is 5.74. The van der Waals surface area contributed by atoms with E-state index in [4.69, 9.17) is 5.73 Å². The van der Waals surface area contributed by atoms with E-state index in [0.29, 0.717) is 11.9 Å². The van der Waals surface area contributed by atoms with Crippen molar-refractivity contribution in [3.63, 3.8) is 0 Å². The fourth-order valence-electron chi connectivity index (χ4n) is 1.07. The molecule has 0 aromatic heterocycles. The van der Waals surface area contributed by atoms with Crippen molar-refractivity contribution in [2.24, 2.45) is 16.6 Å². The minimum absolute atomic E-state index is 0.0880. The molecule has 0 fully saturated rings. The van der Waals surface area contributed by atoms with Gasteiger partial charge in [0.25, 0.3) is 0 Å². The normalized spacial score (nSPS) is 13.6. The second-order valence-electron chi connectivity index (χ2n) is 4.92. The topological polar surface area (TPSA) is 41.6 Å². The van der Waals surface area contributed by atoms with Gasteiger partial charge in [0.15, 0.2) is 5.96 Å². The van der Waals surface area contributed by atoms with E-state index < -0.39 is 0 Å². The number of nitrogens with zero attached hydrogens (tertiary/aromatic N) is 2. The van der Waals surface area contributed by atoms with Gasteiger partial charge in [0.05, 0.1) is 5.54 Å². The minimum Gasteiger partial charge on any atom is -0.370 e. The maximum Gasteiger partial charge on any atom is 0.191 e. The molecule has 0 aromatic rings. The molecule has 0 radical (unpaired) electrons. The number of hydrogen-bond donors (Lipinski definition) is 1. The van der Waals surface area contributed by atoms with Gasteiger partial charge in [-0.15, -0.1) is 0 Å². The molecule has 0 aliphatic carbocycles. The largest absolute Gasteiger partial charge is 0.370 e. The molecule has 0 aromatic carbocycles. The van der Waals surface area contributed by atoms with Crippen LogP contribution in [0.2, 0.25) is 0 Å². The lowest BCUT2D eigenvalue weighted by Gasteiger charge is -2.23. The SMILES string of the molecule is CC(C)CN(C)C(N)=NC(C)(C)C. The first-order valence-corrected chi connectivity index (χ1v) is 4.79. The first kappa shape index (κ1) is 12.3. The molecule has 0 atom stereocenters. The van der Waals surface area contributed by atoms with E-state index in [1.807, 2.05) is 32.7 Å². The molecule has 0 heterocycles. The Morgan fingerprint density at radius 2 is 1.85 bits per heavy atom. The molecular formula is C10H23N3. The Balaban J connectivity index is 4.25.